The maximum absolute atomic E-state index is 13.1. The number of hydrogen-bond acceptors (Lipinski definition) is 6. The number of carbonyl (C=O) groups is 2. The molecule has 4 rings (SSSR count). The number of hydrogen-bond donors (Lipinski definition) is 1. The van der Waals surface area contributed by atoms with E-state index in [4.69, 9.17) is 9.15 Å². The lowest BCUT2D eigenvalue weighted by Gasteiger charge is -2.21. The van der Waals surface area contributed by atoms with Gasteiger partial charge in [-0.3, -0.25) is 9.69 Å². The Balaban J connectivity index is 1.45. The fraction of sp³-hybridized carbons (Fsp3) is 0.318. The fourth-order valence-corrected chi connectivity index (χ4v) is 4.13. The first-order valence-corrected chi connectivity index (χ1v) is 10.5. The van der Waals surface area contributed by atoms with Crippen LogP contribution in [0.5, 0.6) is 5.75 Å². The molecule has 0 spiro atoms. The highest BCUT2D eigenvalue weighted by Crippen LogP contribution is 2.29. The normalized spacial score (nSPS) is 18.7. The molecule has 2 aromatic heterocycles. The van der Waals surface area contributed by atoms with Crippen molar-refractivity contribution in [1.82, 2.24) is 15.2 Å². The average Bonchev–Trinajstić information content (AvgIpc) is 3.44. The Labute approximate surface area is 178 Å². The summed E-state index contributed by atoms with van der Waals surface area (Å²) in [6, 6.07) is 11.1. The number of oxazole rings is 1. The van der Waals surface area contributed by atoms with E-state index in [1.165, 1.54) is 16.2 Å². The van der Waals surface area contributed by atoms with Crippen molar-refractivity contribution >= 4 is 23.3 Å². The van der Waals surface area contributed by atoms with Crippen LogP contribution in [-0.2, 0) is 17.8 Å². The summed E-state index contributed by atoms with van der Waals surface area (Å²) in [6.45, 7) is 3.65. The van der Waals surface area contributed by atoms with Gasteiger partial charge in [0.25, 0.3) is 5.91 Å². The number of methoxy groups -OCH3 is 1. The highest BCUT2D eigenvalue weighted by atomic mass is 32.1. The summed E-state index contributed by atoms with van der Waals surface area (Å²) in [5.74, 6) is 1.64. The van der Waals surface area contributed by atoms with E-state index in [0.717, 1.165) is 16.2 Å². The summed E-state index contributed by atoms with van der Waals surface area (Å²) in [5, 5.41) is 4.80. The molecule has 1 saturated heterocycles. The molecular formula is C22H23N3O4S. The van der Waals surface area contributed by atoms with Crippen LogP contribution in [0.15, 0.2) is 46.2 Å². The van der Waals surface area contributed by atoms with Crippen molar-refractivity contribution in [1.29, 1.82) is 0 Å². The first-order chi connectivity index (χ1) is 14.4. The number of rotatable bonds is 7. The molecule has 1 atom stereocenters. The number of thiophene rings is 1. The molecule has 0 radical (unpaired) electrons. The van der Waals surface area contributed by atoms with E-state index < -0.39 is 11.6 Å². The summed E-state index contributed by atoms with van der Waals surface area (Å²) < 4.78 is 10.9. The number of nitrogens with zero attached hydrogens (tertiary/aromatic N) is 2. The Kier molecular flexibility index (Phi) is 5.34. The topological polar surface area (TPSA) is 84.7 Å². The minimum absolute atomic E-state index is 0.0868. The average molecular weight is 426 g/mol. The molecular weight excluding hydrogens is 402 g/mol. The zero-order chi connectivity index (χ0) is 21.3. The maximum atomic E-state index is 13.1. The third-order valence-corrected chi connectivity index (χ3v) is 6.21. The monoisotopic (exact) mass is 425 g/mol. The summed E-state index contributed by atoms with van der Waals surface area (Å²) in [7, 11) is 1.62. The van der Waals surface area contributed by atoms with Crippen LogP contribution >= 0.6 is 11.3 Å². The van der Waals surface area contributed by atoms with Gasteiger partial charge in [0.05, 0.1) is 18.5 Å². The fourth-order valence-electron chi connectivity index (χ4n) is 3.48. The van der Waals surface area contributed by atoms with Gasteiger partial charge in [0.1, 0.15) is 22.7 Å². The summed E-state index contributed by atoms with van der Waals surface area (Å²) in [6.07, 6.45) is 1.16. The van der Waals surface area contributed by atoms with Crippen LogP contribution in [0.25, 0.3) is 10.8 Å². The molecule has 3 heterocycles. The molecule has 3 aromatic rings. The number of nitrogens with one attached hydrogen (secondary N) is 1. The van der Waals surface area contributed by atoms with Gasteiger partial charge in [-0.05, 0) is 55.8 Å². The van der Waals surface area contributed by atoms with Gasteiger partial charge in [-0.15, -0.1) is 11.3 Å². The number of carbonyl (C=O) groups excluding carboxylic acids is 2. The van der Waals surface area contributed by atoms with Crippen molar-refractivity contribution in [2.45, 2.75) is 38.8 Å². The van der Waals surface area contributed by atoms with Gasteiger partial charge in [0.15, 0.2) is 0 Å². The molecule has 1 aliphatic heterocycles. The van der Waals surface area contributed by atoms with Gasteiger partial charge in [0.2, 0.25) is 5.89 Å². The van der Waals surface area contributed by atoms with E-state index in [0.29, 0.717) is 30.2 Å². The van der Waals surface area contributed by atoms with E-state index in [2.05, 4.69) is 10.3 Å². The van der Waals surface area contributed by atoms with Gasteiger partial charge in [-0.25, -0.2) is 9.78 Å². The predicted octanol–water partition coefficient (Wildman–Crippen LogP) is 4.16. The Morgan fingerprint density at radius 1 is 1.23 bits per heavy atom. The molecule has 0 saturated carbocycles. The quantitative estimate of drug-likeness (QED) is 0.575. The zero-order valence-electron chi connectivity index (χ0n) is 17.1. The van der Waals surface area contributed by atoms with Crippen LogP contribution in [0.4, 0.5) is 4.79 Å². The number of ether oxygens (including phenoxy) is 1. The maximum Gasteiger partial charge on any atom is 0.325 e. The number of amides is 3. The number of benzene rings is 1. The predicted molar refractivity (Wildman–Crippen MR) is 113 cm³/mol. The number of aryl methyl sites for hydroxylation is 2. The minimum atomic E-state index is -0.953. The smallest absolute Gasteiger partial charge is 0.325 e. The highest BCUT2D eigenvalue weighted by Gasteiger charge is 2.47. The van der Waals surface area contributed by atoms with Crippen LogP contribution in [0, 0.1) is 6.92 Å². The van der Waals surface area contributed by atoms with Crippen molar-refractivity contribution in [3.05, 3.63) is 58.8 Å². The number of urea groups is 1. The lowest BCUT2D eigenvalue weighted by atomic mass is 9.93. The van der Waals surface area contributed by atoms with Crippen molar-refractivity contribution in [3.8, 4) is 16.5 Å². The van der Waals surface area contributed by atoms with Crippen LogP contribution in [0.3, 0.4) is 0 Å². The Hall–Kier alpha value is -3.13. The van der Waals surface area contributed by atoms with Crippen LogP contribution in [-0.4, -0.2) is 34.5 Å². The minimum Gasteiger partial charge on any atom is -0.497 e. The second kappa shape index (κ2) is 7.95. The first kappa shape index (κ1) is 20.2. The van der Waals surface area contributed by atoms with E-state index in [9.17, 15) is 9.59 Å². The van der Waals surface area contributed by atoms with E-state index in [1.807, 2.05) is 41.8 Å². The third kappa shape index (κ3) is 3.82. The molecule has 156 valence electrons. The molecule has 30 heavy (non-hydrogen) atoms. The van der Waals surface area contributed by atoms with Crippen molar-refractivity contribution in [3.63, 3.8) is 0 Å². The molecule has 1 aromatic carbocycles. The van der Waals surface area contributed by atoms with Gasteiger partial charge < -0.3 is 14.5 Å². The molecule has 0 bridgehead atoms. The van der Waals surface area contributed by atoms with E-state index >= 15 is 0 Å². The van der Waals surface area contributed by atoms with Crippen LogP contribution in [0.2, 0.25) is 0 Å². The standard InChI is InChI=1S/C22H23N3O4S/c1-14-17(23-19(29-14)18-5-4-12-30-18)13-25-20(26)22(2,24-21(25)27)11-10-15-6-8-16(28-3)9-7-15/h4-9,12H,10-11,13H2,1-3H3,(H,24,27). The lowest BCUT2D eigenvalue weighted by Crippen LogP contribution is -2.44. The Bertz CT molecular complexity index is 1060. The lowest BCUT2D eigenvalue weighted by molar-refractivity contribution is -0.131. The van der Waals surface area contributed by atoms with Crippen LogP contribution in [0.1, 0.15) is 30.4 Å². The second-order valence-corrected chi connectivity index (χ2v) is 8.45. The molecule has 0 aliphatic carbocycles. The van der Waals surface area contributed by atoms with Crippen molar-refractivity contribution in [2.24, 2.45) is 0 Å². The van der Waals surface area contributed by atoms with Crippen LogP contribution < -0.4 is 10.1 Å². The Morgan fingerprint density at radius 2 is 2.00 bits per heavy atom. The molecule has 7 nitrogen and oxygen atoms in total. The molecule has 3 amide bonds. The molecule has 1 aliphatic rings. The molecule has 8 heteroatoms. The van der Waals surface area contributed by atoms with Crippen molar-refractivity contribution < 1.29 is 18.7 Å². The molecule has 1 unspecified atom stereocenters. The number of imide groups is 1. The van der Waals surface area contributed by atoms with Gasteiger partial charge in [-0.2, -0.15) is 0 Å². The van der Waals surface area contributed by atoms with E-state index in [1.54, 1.807) is 21.0 Å². The van der Waals surface area contributed by atoms with Gasteiger partial charge in [-0.1, -0.05) is 18.2 Å². The van der Waals surface area contributed by atoms with Crippen molar-refractivity contribution in [2.75, 3.05) is 7.11 Å². The second-order valence-electron chi connectivity index (χ2n) is 7.50. The summed E-state index contributed by atoms with van der Waals surface area (Å²) in [5.41, 5.74) is 0.706. The number of aromatic nitrogens is 1. The molecule has 1 fully saturated rings. The van der Waals surface area contributed by atoms with Gasteiger partial charge in [0, 0.05) is 0 Å². The van der Waals surface area contributed by atoms with Gasteiger partial charge >= 0.3 is 6.03 Å². The first-order valence-electron chi connectivity index (χ1n) is 9.67. The van der Waals surface area contributed by atoms with E-state index in [-0.39, 0.29) is 12.5 Å². The zero-order valence-corrected chi connectivity index (χ0v) is 17.9. The summed E-state index contributed by atoms with van der Waals surface area (Å²) in [4.78, 5) is 32.3. The third-order valence-electron chi connectivity index (χ3n) is 5.35. The highest BCUT2D eigenvalue weighted by molar-refractivity contribution is 7.13. The summed E-state index contributed by atoms with van der Waals surface area (Å²) >= 11 is 1.52. The largest absolute Gasteiger partial charge is 0.497 e. The molecule has 1 N–H and O–H groups in total. The Morgan fingerprint density at radius 3 is 2.67 bits per heavy atom. The SMILES string of the molecule is COc1ccc(CCC2(C)NC(=O)N(Cc3nc(-c4cccs4)oc3C)C2=O)cc1.